The first-order valence-corrected chi connectivity index (χ1v) is 6.47. The average molecular weight is 277 g/mol. The fraction of sp³-hybridized carbons (Fsp3) is 0.286. The summed E-state index contributed by atoms with van der Waals surface area (Å²) in [6.45, 7) is 0. The molecule has 1 N–H and O–H groups in total. The van der Waals surface area contributed by atoms with Gasteiger partial charge in [-0.1, -0.05) is 30.3 Å². The average Bonchev–Trinajstić information content (AvgIpc) is 2.41. The van der Waals surface area contributed by atoms with Crippen molar-refractivity contribution in [1.82, 2.24) is 0 Å². The van der Waals surface area contributed by atoms with Crippen molar-refractivity contribution < 1.29 is 10.0 Å². The zero-order valence-electron chi connectivity index (χ0n) is 10.3. The van der Waals surface area contributed by atoms with Gasteiger partial charge in [-0.25, -0.2) is 0 Å². The van der Waals surface area contributed by atoms with Gasteiger partial charge in [0, 0.05) is 11.0 Å². The Morgan fingerprint density at radius 2 is 2.00 bits per heavy atom. The summed E-state index contributed by atoms with van der Waals surface area (Å²) in [7, 11) is 0. The van der Waals surface area contributed by atoms with Gasteiger partial charge in [0.05, 0.1) is 11.3 Å². The van der Waals surface area contributed by atoms with E-state index in [9.17, 15) is 15.2 Å². The number of hydrogen-bond acceptors (Lipinski definition) is 4. The molecule has 0 saturated carbocycles. The van der Waals surface area contributed by atoms with Gasteiger partial charge >= 0.3 is 5.72 Å². The summed E-state index contributed by atoms with van der Waals surface area (Å²) < 4.78 is 0. The van der Waals surface area contributed by atoms with E-state index in [1.807, 2.05) is 30.3 Å². The topological polar surface area (TPSA) is 63.4 Å². The summed E-state index contributed by atoms with van der Waals surface area (Å²) in [6.07, 6.45) is 4.14. The fourth-order valence-corrected chi connectivity index (χ4v) is 2.34. The van der Waals surface area contributed by atoms with Crippen LogP contribution in [-0.2, 0) is 6.42 Å². The number of benzene rings is 1. The number of nitrogens with zero attached hydrogens (tertiary/aromatic N) is 1. The Labute approximate surface area is 117 Å². The van der Waals surface area contributed by atoms with Gasteiger partial charge < -0.3 is 5.11 Å². The molecule has 1 unspecified atom stereocenters. The molecule has 0 bridgehead atoms. The molecule has 0 spiro atoms. The number of aliphatic hydroxyl groups is 1. The zero-order chi connectivity index (χ0) is 13.9. The van der Waals surface area contributed by atoms with Gasteiger partial charge in [0.25, 0.3) is 0 Å². The molecule has 0 aliphatic heterocycles. The van der Waals surface area contributed by atoms with Gasteiger partial charge in [0.2, 0.25) is 0 Å². The highest BCUT2D eigenvalue weighted by molar-refractivity contribution is 7.84. The van der Waals surface area contributed by atoms with Crippen molar-refractivity contribution in [2.24, 2.45) is 0 Å². The van der Waals surface area contributed by atoms with E-state index in [-0.39, 0.29) is 6.42 Å². The number of rotatable bonds is 4. The van der Waals surface area contributed by atoms with Crippen LogP contribution in [0.5, 0.6) is 0 Å². The van der Waals surface area contributed by atoms with E-state index in [1.54, 1.807) is 0 Å². The summed E-state index contributed by atoms with van der Waals surface area (Å²) >= 11 is 4.31. The second kappa shape index (κ2) is 5.59. The Hall–Kier alpha value is -1.59. The number of hydrogen-bond donors (Lipinski definition) is 2. The summed E-state index contributed by atoms with van der Waals surface area (Å²) in [5.74, 6) is 0. The lowest BCUT2D eigenvalue weighted by atomic mass is 9.92. The number of nitro groups is 1. The van der Waals surface area contributed by atoms with Crippen LogP contribution in [0.15, 0.2) is 53.0 Å². The van der Waals surface area contributed by atoms with Crippen molar-refractivity contribution in [3.05, 3.63) is 68.6 Å². The molecular formula is C14H15NO3S. The summed E-state index contributed by atoms with van der Waals surface area (Å²) in [4.78, 5) is 10.9. The third-order valence-electron chi connectivity index (χ3n) is 3.22. The van der Waals surface area contributed by atoms with Crippen molar-refractivity contribution in [1.29, 1.82) is 0 Å². The third kappa shape index (κ3) is 3.24. The number of allylic oxidation sites excluding steroid dienone is 1. The molecule has 1 aliphatic carbocycles. The monoisotopic (exact) mass is 277 g/mol. The van der Waals surface area contributed by atoms with Crippen LogP contribution in [-0.4, -0.2) is 15.8 Å². The van der Waals surface area contributed by atoms with Crippen LogP contribution < -0.4 is 0 Å². The molecule has 0 aromatic heterocycles. The highest BCUT2D eigenvalue weighted by Crippen LogP contribution is 2.31. The molecule has 2 rings (SSSR count). The van der Waals surface area contributed by atoms with Crippen molar-refractivity contribution in [2.75, 3.05) is 0 Å². The molecule has 1 atom stereocenters. The lowest BCUT2D eigenvalue weighted by Gasteiger charge is -2.22. The first kappa shape index (κ1) is 13.8. The van der Waals surface area contributed by atoms with Crippen molar-refractivity contribution >= 4 is 12.6 Å². The molecule has 1 aromatic carbocycles. The molecule has 0 amide bonds. The second-order valence-corrected chi connectivity index (χ2v) is 5.10. The van der Waals surface area contributed by atoms with Crippen molar-refractivity contribution in [3.8, 4) is 0 Å². The lowest BCUT2D eigenvalue weighted by Crippen LogP contribution is -2.37. The largest absolute Gasteiger partial charge is 0.346 e. The van der Waals surface area contributed by atoms with Crippen LogP contribution >= 0.6 is 12.6 Å². The van der Waals surface area contributed by atoms with Gasteiger partial charge in [-0.05, 0) is 30.1 Å². The SMILES string of the molecule is O=[N+]([O-])C1(O)C=CC(S)=C(CCc2ccccc2)C1. The van der Waals surface area contributed by atoms with Crippen LogP contribution in [0.4, 0.5) is 0 Å². The molecule has 19 heavy (non-hydrogen) atoms. The summed E-state index contributed by atoms with van der Waals surface area (Å²) in [6, 6.07) is 9.88. The Kier molecular flexibility index (Phi) is 4.07. The molecule has 1 aliphatic rings. The van der Waals surface area contributed by atoms with Crippen LogP contribution in [0.25, 0.3) is 0 Å². The third-order valence-corrected chi connectivity index (χ3v) is 3.68. The quantitative estimate of drug-likeness (QED) is 0.385. The fourth-order valence-electron chi connectivity index (χ4n) is 2.08. The van der Waals surface area contributed by atoms with Gasteiger partial charge in [-0.15, -0.1) is 12.6 Å². The predicted octanol–water partition coefficient (Wildman–Crippen LogP) is 2.73. The van der Waals surface area contributed by atoms with Crippen LogP contribution in [0.2, 0.25) is 0 Å². The molecule has 0 heterocycles. The van der Waals surface area contributed by atoms with Gasteiger partial charge in [0.1, 0.15) is 0 Å². The smallest absolute Gasteiger partial charge is 0.327 e. The summed E-state index contributed by atoms with van der Waals surface area (Å²) in [5.41, 5.74) is -0.0117. The molecule has 5 heteroatoms. The molecule has 4 nitrogen and oxygen atoms in total. The lowest BCUT2D eigenvalue weighted by molar-refractivity contribution is -0.607. The van der Waals surface area contributed by atoms with E-state index in [1.165, 1.54) is 12.2 Å². The van der Waals surface area contributed by atoms with Crippen molar-refractivity contribution in [2.45, 2.75) is 25.0 Å². The molecule has 100 valence electrons. The molecule has 0 saturated heterocycles. The molecular weight excluding hydrogens is 262 g/mol. The number of thiol groups is 1. The highest BCUT2D eigenvalue weighted by Gasteiger charge is 2.40. The predicted molar refractivity (Wildman–Crippen MR) is 76.5 cm³/mol. The van der Waals surface area contributed by atoms with Crippen LogP contribution in [0.1, 0.15) is 18.4 Å². The molecule has 1 aromatic rings. The minimum atomic E-state index is -1.99. The highest BCUT2D eigenvalue weighted by atomic mass is 32.1. The Bertz CT molecular complexity index is 539. The molecule has 0 fully saturated rings. The Morgan fingerprint density at radius 3 is 2.63 bits per heavy atom. The summed E-state index contributed by atoms with van der Waals surface area (Å²) in [5, 5.41) is 20.7. The van der Waals surface area contributed by atoms with E-state index in [2.05, 4.69) is 12.6 Å². The maximum atomic E-state index is 10.9. The van der Waals surface area contributed by atoms with Gasteiger partial charge in [-0.3, -0.25) is 10.1 Å². The van der Waals surface area contributed by atoms with Crippen LogP contribution in [0, 0.1) is 10.1 Å². The van der Waals surface area contributed by atoms with E-state index in [4.69, 9.17) is 0 Å². The van der Waals surface area contributed by atoms with Crippen molar-refractivity contribution in [3.63, 3.8) is 0 Å². The number of aryl methyl sites for hydroxylation is 1. The van der Waals surface area contributed by atoms with Gasteiger partial charge in [0.15, 0.2) is 0 Å². The first-order valence-electron chi connectivity index (χ1n) is 6.02. The van der Waals surface area contributed by atoms with E-state index in [0.29, 0.717) is 11.3 Å². The molecule has 0 radical (unpaired) electrons. The van der Waals surface area contributed by atoms with E-state index in [0.717, 1.165) is 17.6 Å². The van der Waals surface area contributed by atoms with E-state index >= 15 is 0 Å². The van der Waals surface area contributed by atoms with Crippen LogP contribution in [0.3, 0.4) is 0 Å². The van der Waals surface area contributed by atoms with Gasteiger partial charge in [-0.2, -0.15) is 0 Å². The normalized spacial score (nSPS) is 22.6. The Balaban J connectivity index is 2.07. The first-order chi connectivity index (χ1) is 9.01. The minimum absolute atomic E-state index is 0.00215. The second-order valence-electron chi connectivity index (χ2n) is 4.62. The maximum Gasteiger partial charge on any atom is 0.346 e. The minimum Gasteiger partial charge on any atom is -0.327 e. The maximum absolute atomic E-state index is 10.9. The Morgan fingerprint density at radius 1 is 1.32 bits per heavy atom. The van der Waals surface area contributed by atoms with E-state index < -0.39 is 10.6 Å². The standard InChI is InChI=1S/C14H15NO3S/c16-14(15(17)18)9-8-13(19)12(10-14)7-6-11-4-2-1-3-5-11/h1-5,8-9,16,19H,6-7,10H2. The zero-order valence-corrected chi connectivity index (χ0v) is 11.2.